The predicted octanol–water partition coefficient (Wildman–Crippen LogP) is 3.22. The van der Waals surface area contributed by atoms with Crippen LogP contribution in [0.3, 0.4) is 0 Å². The smallest absolute Gasteiger partial charge is 0.410 e. The standard InChI is InChI=1S/C8H4ClF4NO/c9-7(14-15)6-4(8(11,12)13)2-1-3-5(6)10/h1-3,15H. The number of halogens is 5. The van der Waals surface area contributed by atoms with Crippen molar-refractivity contribution in [2.45, 2.75) is 6.18 Å². The molecule has 0 bridgehead atoms. The van der Waals surface area contributed by atoms with Crippen molar-refractivity contribution in [3.05, 3.63) is 35.1 Å². The molecule has 0 atom stereocenters. The fraction of sp³-hybridized carbons (Fsp3) is 0.125. The van der Waals surface area contributed by atoms with E-state index in [0.717, 1.165) is 12.1 Å². The van der Waals surface area contributed by atoms with E-state index in [9.17, 15) is 17.6 Å². The predicted molar refractivity (Wildman–Crippen MR) is 45.6 cm³/mol. The lowest BCUT2D eigenvalue weighted by Crippen LogP contribution is -2.13. The Labute approximate surface area is 86.8 Å². The van der Waals surface area contributed by atoms with Gasteiger partial charge < -0.3 is 5.21 Å². The van der Waals surface area contributed by atoms with Crippen molar-refractivity contribution >= 4 is 16.8 Å². The molecule has 1 rings (SSSR count). The Morgan fingerprint density at radius 1 is 1.33 bits per heavy atom. The molecule has 2 nitrogen and oxygen atoms in total. The summed E-state index contributed by atoms with van der Waals surface area (Å²) >= 11 is 5.17. The second-order valence-electron chi connectivity index (χ2n) is 2.55. The number of hydrogen-bond donors (Lipinski definition) is 1. The monoisotopic (exact) mass is 241 g/mol. The molecule has 0 radical (unpaired) electrons. The molecule has 0 aliphatic rings. The molecule has 0 saturated carbocycles. The van der Waals surface area contributed by atoms with Crippen molar-refractivity contribution in [2.75, 3.05) is 0 Å². The SMILES string of the molecule is ON=C(Cl)c1c(F)cccc1C(F)(F)F. The highest BCUT2D eigenvalue weighted by Crippen LogP contribution is 2.33. The van der Waals surface area contributed by atoms with Gasteiger partial charge in [0.1, 0.15) is 5.82 Å². The third-order valence-electron chi connectivity index (χ3n) is 1.61. The minimum absolute atomic E-state index is 0.645. The summed E-state index contributed by atoms with van der Waals surface area (Å²) in [6, 6.07) is 2.33. The summed E-state index contributed by atoms with van der Waals surface area (Å²) in [5, 5.41) is 9.62. The van der Waals surface area contributed by atoms with Gasteiger partial charge in [-0.1, -0.05) is 22.8 Å². The van der Waals surface area contributed by atoms with Crippen LogP contribution >= 0.6 is 11.6 Å². The molecule has 0 aromatic heterocycles. The Balaban J connectivity index is 3.47. The van der Waals surface area contributed by atoms with Crippen LogP contribution in [0.25, 0.3) is 0 Å². The quantitative estimate of drug-likeness (QED) is 0.348. The lowest BCUT2D eigenvalue weighted by molar-refractivity contribution is -0.137. The van der Waals surface area contributed by atoms with Crippen LogP contribution in [0, 0.1) is 5.82 Å². The summed E-state index contributed by atoms with van der Waals surface area (Å²) in [6.45, 7) is 0. The van der Waals surface area contributed by atoms with Crippen molar-refractivity contribution in [1.82, 2.24) is 0 Å². The lowest BCUT2D eigenvalue weighted by Gasteiger charge is -2.11. The van der Waals surface area contributed by atoms with E-state index in [2.05, 4.69) is 5.16 Å². The lowest BCUT2D eigenvalue weighted by atomic mass is 10.1. The molecular formula is C8H4ClF4NO. The molecule has 0 unspecified atom stereocenters. The van der Waals surface area contributed by atoms with E-state index in [1.54, 1.807) is 0 Å². The highest BCUT2D eigenvalue weighted by Gasteiger charge is 2.35. The second-order valence-corrected chi connectivity index (χ2v) is 2.91. The molecule has 0 spiro atoms. The summed E-state index contributed by atoms with van der Waals surface area (Å²) in [4.78, 5) is 0. The first kappa shape index (κ1) is 11.8. The van der Waals surface area contributed by atoms with Crippen molar-refractivity contribution in [3.63, 3.8) is 0 Å². The Kier molecular flexibility index (Phi) is 3.18. The largest absolute Gasteiger partial charge is 0.417 e. The zero-order valence-corrected chi connectivity index (χ0v) is 7.77. The Bertz CT molecular complexity index is 402. The van der Waals surface area contributed by atoms with Gasteiger partial charge in [-0.2, -0.15) is 13.2 Å². The molecule has 1 aromatic carbocycles. The fourth-order valence-corrected chi connectivity index (χ4v) is 1.21. The van der Waals surface area contributed by atoms with Crippen molar-refractivity contribution < 1.29 is 22.8 Å². The molecule has 0 amide bonds. The van der Waals surface area contributed by atoms with Crippen LogP contribution in [-0.4, -0.2) is 10.4 Å². The summed E-state index contributed by atoms with van der Waals surface area (Å²) < 4.78 is 50.1. The van der Waals surface area contributed by atoms with Crippen molar-refractivity contribution in [3.8, 4) is 0 Å². The van der Waals surface area contributed by atoms with Crippen LogP contribution in [0.1, 0.15) is 11.1 Å². The zero-order chi connectivity index (χ0) is 11.6. The molecule has 0 saturated heterocycles. The summed E-state index contributed by atoms with van der Waals surface area (Å²) in [6.07, 6.45) is -4.76. The first-order valence-electron chi connectivity index (χ1n) is 3.61. The van der Waals surface area contributed by atoms with Gasteiger partial charge in [0.15, 0.2) is 5.17 Å². The van der Waals surface area contributed by atoms with Gasteiger partial charge in [0.25, 0.3) is 0 Å². The minimum atomic E-state index is -4.76. The van der Waals surface area contributed by atoms with Gasteiger partial charge >= 0.3 is 6.18 Å². The molecule has 0 aliphatic carbocycles. The summed E-state index contributed by atoms with van der Waals surface area (Å²) in [5.41, 5.74) is -2.25. The molecule has 0 aliphatic heterocycles. The number of hydrogen-bond acceptors (Lipinski definition) is 2. The first-order valence-corrected chi connectivity index (χ1v) is 3.99. The van der Waals surface area contributed by atoms with E-state index in [1.807, 2.05) is 0 Å². The van der Waals surface area contributed by atoms with E-state index in [1.165, 1.54) is 0 Å². The van der Waals surface area contributed by atoms with Crippen LogP contribution in [0.15, 0.2) is 23.4 Å². The molecule has 0 fully saturated rings. The highest BCUT2D eigenvalue weighted by atomic mass is 35.5. The van der Waals surface area contributed by atoms with Gasteiger partial charge in [0.2, 0.25) is 0 Å². The molecule has 1 N–H and O–H groups in total. The molecule has 15 heavy (non-hydrogen) atoms. The van der Waals surface area contributed by atoms with Gasteiger partial charge in [-0.25, -0.2) is 4.39 Å². The van der Waals surface area contributed by atoms with Crippen molar-refractivity contribution in [1.29, 1.82) is 0 Å². The topological polar surface area (TPSA) is 32.6 Å². The third-order valence-corrected chi connectivity index (χ3v) is 1.88. The van der Waals surface area contributed by atoms with E-state index in [-0.39, 0.29) is 0 Å². The molecule has 1 aromatic rings. The van der Waals surface area contributed by atoms with Gasteiger partial charge in [0.05, 0.1) is 11.1 Å². The molecule has 7 heteroatoms. The maximum atomic E-state index is 13.0. The molecular weight excluding hydrogens is 238 g/mol. The maximum Gasteiger partial charge on any atom is 0.417 e. The van der Waals surface area contributed by atoms with Crippen molar-refractivity contribution in [2.24, 2.45) is 5.16 Å². The van der Waals surface area contributed by atoms with Gasteiger partial charge in [0, 0.05) is 0 Å². The first-order chi connectivity index (χ1) is 6.88. The van der Waals surface area contributed by atoms with Crippen LogP contribution in [-0.2, 0) is 6.18 Å². The third kappa shape index (κ3) is 2.38. The minimum Gasteiger partial charge on any atom is -0.410 e. The van der Waals surface area contributed by atoms with Crippen LogP contribution in [0.5, 0.6) is 0 Å². The normalized spacial score (nSPS) is 13.0. The van der Waals surface area contributed by atoms with E-state index < -0.39 is 28.3 Å². The number of alkyl halides is 3. The van der Waals surface area contributed by atoms with E-state index in [0.29, 0.717) is 6.07 Å². The fourth-order valence-electron chi connectivity index (χ4n) is 1.02. The number of nitrogens with zero attached hydrogens (tertiary/aromatic N) is 1. The van der Waals surface area contributed by atoms with Crippen LogP contribution in [0.4, 0.5) is 17.6 Å². The van der Waals surface area contributed by atoms with Gasteiger partial charge in [-0.3, -0.25) is 0 Å². The Morgan fingerprint density at radius 2 is 1.93 bits per heavy atom. The van der Waals surface area contributed by atoms with Gasteiger partial charge in [-0.05, 0) is 12.1 Å². The number of rotatable bonds is 1. The van der Waals surface area contributed by atoms with Crippen LogP contribution in [0.2, 0.25) is 0 Å². The molecule has 0 heterocycles. The Morgan fingerprint density at radius 3 is 2.40 bits per heavy atom. The molecule has 82 valence electrons. The average molecular weight is 242 g/mol. The Hall–Kier alpha value is -1.30. The number of oxime groups is 1. The van der Waals surface area contributed by atoms with E-state index >= 15 is 0 Å². The summed E-state index contributed by atoms with van der Waals surface area (Å²) in [5.74, 6) is -1.20. The average Bonchev–Trinajstić information content (AvgIpc) is 2.15. The van der Waals surface area contributed by atoms with Crippen LogP contribution < -0.4 is 0 Å². The number of benzene rings is 1. The zero-order valence-electron chi connectivity index (χ0n) is 7.02. The maximum absolute atomic E-state index is 13.0. The highest BCUT2D eigenvalue weighted by molar-refractivity contribution is 6.69. The second kappa shape index (κ2) is 4.06. The van der Waals surface area contributed by atoms with Gasteiger partial charge in [-0.15, -0.1) is 0 Å². The van der Waals surface area contributed by atoms with E-state index in [4.69, 9.17) is 16.8 Å². The summed E-state index contributed by atoms with van der Waals surface area (Å²) in [7, 11) is 0.